The van der Waals surface area contributed by atoms with Crippen LogP contribution in [0.3, 0.4) is 0 Å². The zero-order valence-electron chi connectivity index (χ0n) is 18.8. The van der Waals surface area contributed by atoms with Gasteiger partial charge in [-0.2, -0.15) is 0 Å². The largest absolute Gasteiger partial charge is 0.444 e. The van der Waals surface area contributed by atoms with Gasteiger partial charge in [-0.05, 0) is 57.6 Å². The molecule has 1 aromatic carbocycles. The molecule has 8 heteroatoms. The van der Waals surface area contributed by atoms with Crippen molar-refractivity contribution in [2.24, 2.45) is 5.92 Å². The third-order valence-electron chi connectivity index (χ3n) is 4.48. The predicted octanol–water partition coefficient (Wildman–Crippen LogP) is 5.24. The molecule has 1 atom stereocenters. The fourth-order valence-electron chi connectivity index (χ4n) is 2.98. The molecule has 7 nitrogen and oxygen atoms in total. The molecule has 31 heavy (non-hydrogen) atoms. The highest BCUT2D eigenvalue weighted by atomic mass is 35.5. The fourth-order valence-corrected chi connectivity index (χ4v) is 3.18. The SMILES string of the molecule is CCc1cc(=O)oc2cc(OC(=O)C(CCC(C)C)NC(=O)OC(C)(C)C)c(Cl)cc12. The number of hydrogen-bond donors (Lipinski definition) is 1. The lowest BCUT2D eigenvalue weighted by Crippen LogP contribution is -2.45. The van der Waals surface area contributed by atoms with Crippen molar-refractivity contribution in [1.29, 1.82) is 0 Å². The molecule has 1 amide bonds. The average Bonchev–Trinajstić information content (AvgIpc) is 2.63. The highest BCUT2D eigenvalue weighted by Gasteiger charge is 2.27. The van der Waals surface area contributed by atoms with Crippen molar-refractivity contribution in [2.45, 2.75) is 72.4 Å². The van der Waals surface area contributed by atoms with Crippen molar-refractivity contribution < 1.29 is 23.5 Å². The number of nitrogens with one attached hydrogen (secondary N) is 1. The van der Waals surface area contributed by atoms with Crippen molar-refractivity contribution in [2.75, 3.05) is 0 Å². The Balaban J connectivity index is 2.28. The Bertz CT molecular complexity index is 1010. The summed E-state index contributed by atoms with van der Waals surface area (Å²) in [6.45, 7) is 11.2. The third-order valence-corrected chi connectivity index (χ3v) is 4.78. The fraction of sp³-hybridized carbons (Fsp3) is 0.522. The van der Waals surface area contributed by atoms with Gasteiger partial charge in [0.2, 0.25) is 0 Å². The quantitative estimate of drug-likeness (QED) is 0.351. The first kappa shape index (κ1) is 24.7. The molecule has 0 bridgehead atoms. The van der Waals surface area contributed by atoms with E-state index in [9.17, 15) is 14.4 Å². The van der Waals surface area contributed by atoms with Crippen molar-refractivity contribution in [3.05, 3.63) is 39.2 Å². The van der Waals surface area contributed by atoms with Crippen molar-refractivity contribution in [3.8, 4) is 5.75 Å². The van der Waals surface area contributed by atoms with Gasteiger partial charge in [0.15, 0.2) is 5.75 Å². The summed E-state index contributed by atoms with van der Waals surface area (Å²) >= 11 is 6.33. The number of fused-ring (bicyclic) bond motifs is 1. The summed E-state index contributed by atoms with van der Waals surface area (Å²) in [7, 11) is 0. The van der Waals surface area contributed by atoms with E-state index in [1.54, 1.807) is 26.8 Å². The van der Waals surface area contributed by atoms with E-state index in [4.69, 9.17) is 25.5 Å². The number of alkyl carbamates (subject to hydrolysis) is 1. The van der Waals surface area contributed by atoms with Gasteiger partial charge in [0.1, 0.15) is 17.2 Å². The van der Waals surface area contributed by atoms with Gasteiger partial charge in [-0.15, -0.1) is 0 Å². The van der Waals surface area contributed by atoms with Gasteiger partial charge in [-0.1, -0.05) is 32.4 Å². The third kappa shape index (κ3) is 7.28. The zero-order valence-corrected chi connectivity index (χ0v) is 19.6. The number of esters is 1. The smallest absolute Gasteiger partial charge is 0.408 e. The van der Waals surface area contributed by atoms with Crippen LogP contribution in [0.4, 0.5) is 4.79 Å². The van der Waals surface area contributed by atoms with Crippen LogP contribution in [0, 0.1) is 5.92 Å². The van der Waals surface area contributed by atoms with E-state index in [1.807, 2.05) is 20.8 Å². The minimum Gasteiger partial charge on any atom is -0.444 e. The molecule has 2 rings (SSSR count). The van der Waals surface area contributed by atoms with Gasteiger partial charge >= 0.3 is 17.7 Å². The molecule has 1 unspecified atom stereocenters. The molecule has 0 saturated carbocycles. The molecule has 0 aliphatic carbocycles. The van der Waals surface area contributed by atoms with Crippen LogP contribution in [0.1, 0.15) is 59.9 Å². The van der Waals surface area contributed by atoms with Gasteiger partial charge in [0.25, 0.3) is 0 Å². The number of halogens is 1. The Morgan fingerprint density at radius 1 is 1.16 bits per heavy atom. The molecule has 0 saturated heterocycles. The first-order chi connectivity index (χ1) is 14.4. The first-order valence-corrected chi connectivity index (χ1v) is 10.7. The lowest BCUT2D eigenvalue weighted by atomic mass is 10.0. The Morgan fingerprint density at radius 3 is 2.42 bits per heavy atom. The molecular formula is C23H30ClNO6. The van der Waals surface area contributed by atoms with Gasteiger partial charge in [0.05, 0.1) is 5.02 Å². The molecule has 170 valence electrons. The molecule has 2 aromatic rings. The Labute approximate surface area is 187 Å². The molecule has 0 spiro atoms. The highest BCUT2D eigenvalue weighted by molar-refractivity contribution is 6.33. The number of aryl methyl sites for hydroxylation is 1. The summed E-state index contributed by atoms with van der Waals surface area (Å²) in [5.74, 6) is -0.306. The van der Waals surface area contributed by atoms with Crippen LogP contribution < -0.4 is 15.7 Å². The number of hydrogen-bond acceptors (Lipinski definition) is 6. The Hall–Kier alpha value is -2.54. The van der Waals surface area contributed by atoms with Gasteiger partial charge in [-0.25, -0.2) is 14.4 Å². The molecule has 1 aromatic heterocycles. The second-order valence-corrected chi connectivity index (χ2v) is 9.22. The van der Waals surface area contributed by atoms with Gasteiger partial charge in [-0.3, -0.25) is 0 Å². The standard InChI is InChI=1S/C23H30ClNO6/c1-7-14-10-20(26)29-18-12-19(16(24)11-15(14)18)30-21(27)17(9-8-13(2)3)25-22(28)31-23(4,5)6/h10-13,17H,7-9H2,1-6H3,(H,25,28). The van der Waals surface area contributed by atoms with Crippen LogP contribution in [0.2, 0.25) is 5.02 Å². The highest BCUT2D eigenvalue weighted by Crippen LogP contribution is 2.32. The maximum absolute atomic E-state index is 12.9. The summed E-state index contributed by atoms with van der Waals surface area (Å²) in [5.41, 5.74) is -0.139. The topological polar surface area (TPSA) is 94.8 Å². The summed E-state index contributed by atoms with van der Waals surface area (Å²) in [5, 5.41) is 3.46. The van der Waals surface area contributed by atoms with Crippen LogP contribution in [-0.2, 0) is 16.0 Å². The summed E-state index contributed by atoms with van der Waals surface area (Å²) in [4.78, 5) is 36.9. The molecule has 0 aliphatic heterocycles. The number of ether oxygens (including phenoxy) is 2. The second kappa shape index (κ2) is 10.2. The van der Waals surface area contributed by atoms with E-state index in [0.29, 0.717) is 30.6 Å². The summed E-state index contributed by atoms with van der Waals surface area (Å²) in [6, 6.07) is 3.52. The number of amides is 1. The lowest BCUT2D eigenvalue weighted by Gasteiger charge is -2.23. The summed E-state index contributed by atoms with van der Waals surface area (Å²) in [6.07, 6.45) is 0.974. The van der Waals surface area contributed by atoms with Crippen LogP contribution in [0.15, 0.2) is 27.4 Å². The minimum atomic E-state index is -0.919. The molecule has 0 radical (unpaired) electrons. The minimum absolute atomic E-state index is 0.0519. The van der Waals surface area contributed by atoms with E-state index in [0.717, 1.165) is 5.56 Å². The van der Waals surface area contributed by atoms with Crippen LogP contribution >= 0.6 is 11.6 Å². The van der Waals surface area contributed by atoms with Gasteiger partial charge < -0.3 is 19.2 Å². The maximum atomic E-state index is 12.9. The van der Waals surface area contributed by atoms with E-state index in [2.05, 4.69) is 5.32 Å². The monoisotopic (exact) mass is 451 g/mol. The zero-order chi connectivity index (χ0) is 23.3. The number of carbonyl (C=O) groups excluding carboxylic acids is 2. The number of carbonyl (C=O) groups is 2. The Morgan fingerprint density at radius 2 is 1.84 bits per heavy atom. The average molecular weight is 452 g/mol. The van der Waals surface area contributed by atoms with Crippen molar-refractivity contribution in [1.82, 2.24) is 5.32 Å². The van der Waals surface area contributed by atoms with Crippen LogP contribution in [0.5, 0.6) is 5.75 Å². The normalized spacial score (nSPS) is 12.6. The molecular weight excluding hydrogens is 422 g/mol. The lowest BCUT2D eigenvalue weighted by molar-refractivity contribution is -0.137. The van der Waals surface area contributed by atoms with E-state index in [1.165, 1.54) is 12.1 Å². The molecule has 1 heterocycles. The molecule has 1 N–H and O–H groups in total. The molecule has 0 aliphatic rings. The number of rotatable bonds is 7. The van der Waals surface area contributed by atoms with Crippen LogP contribution in [0.25, 0.3) is 11.0 Å². The summed E-state index contributed by atoms with van der Waals surface area (Å²) < 4.78 is 16.0. The van der Waals surface area contributed by atoms with E-state index in [-0.39, 0.29) is 16.4 Å². The second-order valence-electron chi connectivity index (χ2n) is 8.81. The predicted molar refractivity (Wildman–Crippen MR) is 120 cm³/mol. The Kier molecular flexibility index (Phi) is 8.12. The van der Waals surface area contributed by atoms with Crippen molar-refractivity contribution >= 4 is 34.6 Å². The first-order valence-electron chi connectivity index (χ1n) is 10.4. The van der Waals surface area contributed by atoms with Gasteiger partial charge in [0, 0.05) is 17.5 Å². The van der Waals surface area contributed by atoms with Crippen molar-refractivity contribution in [3.63, 3.8) is 0 Å². The van der Waals surface area contributed by atoms with Crippen LogP contribution in [-0.4, -0.2) is 23.7 Å². The van der Waals surface area contributed by atoms with E-state index >= 15 is 0 Å². The number of benzene rings is 1. The maximum Gasteiger partial charge on any atom is 0.408 e. The molecule has 0 fully saturated rings. The van der Waals surface area contributed by atoms with E-state index < -0.39 is 29.3 Å².